The number of hydrogen-bond acceptors (Lipinski definition) is 6. The molecule has 0 aliphatic rings. The van der Waals surface area contributed by atoms with Crippen LogP contribution in [0.2, 0.25) is 0 Å². The molecule has 2 aromatic rings. The van der Waals surface area contributed by atoms with E-state index in [0.29, 0.717) is 35.9 Å². The standard InChI is InChI=1S/C21H27N3O6/c1-13(25)23-17(21(28)29)6-4-5-9-22-19(26)10-14-11-20(27)30-18-12-15(24(2)3)7-8-16(14)18/h7-8,11-12,17H,4-6,9-10H2,1-3H3,(H,22,26)(H,23,25)(H,28,29)/t17-/m0/s1. The molecule has 9 nitrogen and oxygen atoms in total. The van der Waals surface area contributed by atoms with Gasteiger partial charge in [-0.3, -0.25) is 9.59 Å². The molecule has 0 unspecified atom stereocenters. The molecule has 9 heteroatoms. The van der Waals surface area contributed by atoms with Crippen molar-refractivity contribution in [3.8, 4) is 0 Å². The smallest absolute Gasteiger partial charge is 0.336 e. The normalized spacial score (nSPS) is 11.7. The monoisotopic (exact) mass is 417 g/mol. The van der Waals surface area contributed by atoms with Crippen molar-refractivity contribution in [2.75, 3.05) is 25.5 Å². The Labute approximate surface area is 174 Å². The molecule has 2 amide bonds. The molecule has 1 aromatic carbocycles. The molecule has 0 radical (unpaired) electrons. The van der Waals surface area contributed by atoms with Crippen molar-refractivity contribution in [3.05, 3.63) is 40.2 Å². The first-order valence-electron chi connectivity index (χ1n) is 9.68. The number of rotatable bonds is 10. The molecule has 1 atom stereocenters. The van der Waals surface area contributed by atoms with Crippen molar-refractivity contribution < 1.29 is 23.9 Å². The molecule has 0 saturated carbocycles. The van der Waals surface area contributed by atoms with Crippen molar-refractivity contribution in [3.63, 3.8) is 0 Å². The van der Waals surface area contributed by atoms with Gasteiger partial charge in [0.25, 0.3) is 0 Å². The van der Waals surface area contributed by atoms with Crippen molar-refractivity contribution in [1.29, 1.82) is 0 Å². The van der Waals surface area contributed by atoms with Gasteiger partial charge >= 0.3 is 11.6 Å². The summed E-state index contributed by atoms with van der Waals surface area (Å²) in [6, 6.07) is 5.86. The third-order valence-electron chi connectivity index (χ3n) is 4.60. The highest BCUT2D eigenvalue weighted by atomic mass is 16.4. The zero-order valence-corrected chi connectivity index (χ0v) is 17.4. The summed E-state index contributed by atoms with van der Waals surface area (Å²) in [7, 11) is 3.76. The Balaban J connectivity index is 1.90. The minimum Gasteiger partial charge on any atom is -0.480 e. The Morgan fingerprint density at radius 2 is 1.90 bits per heavy atom. The summed E-state index contributed by atoms with van der Waals surface area (Å²) < 4.78 is 5.27. The molecule has 30 heavy (non-hydrogen) atoms. The number of nitrogens with zero attached hydrogens (tertiary/aromatic N) is 1. The molecule has 1 heterocycles. The number of amides is 2. The molecule has 0 bridgehead atoms. The number of carbonyl (C=O) groups excluding carboxylic acids is 2. The van der Waals surface area contributed by atoms with Gasteiger partial charge in [0.1, 0.15) is 11.6 Å². The van der Waals surface area contributed by atoms with E-state index in [2.05, 4.69) is 10.6 Å². The van der Waals surface area contributed by atoms with Gasteiger partial charge in [-0.05, 0) is 37.0 Å². The molecular weight excluding hydrogens is 390 g/mol. The van der Waals surface area contributed by atoms with E-state index in [0.717, 1.165) is 5.69 Å². The Bertz CT molecular complexity index is 982. The third kappa shape index (κ3) is 6.61. The fourth-order valence-electron chi connectivity index (χ4n) is 3.08. The minimum atomic E-state index is -1.08. The lowest BCUT2D eigenvalue weighted by Crippen LogP contribution is -2.39. The second-order valence-electron chi connectivity index (χ2n) is 7.28. The Hall–Kier alpha value is -3.36. The van der Waals surface area contributed by atoms with Gasteiger partial charge in [0.2, 0.25) is 11.8 Å². The number of nitrogens with one attached hydrogen (secondary N) is 2. The van der Waals surface area contributed by atoms with Crippen LogP contribution in [0, 0.1) is 0 Å². The van der Waals surface area contributed by atoms with Crippen LogP contribution < -0.4 is 21.2 Å². The van der Waals surface area contributed by atoms with Crippen LogP contribution >= 0.6 is 0 Å². The van der Waals surface area contributed by atoms with Crippen LogP contribution in [0.1, 0.15) is 31.7 Å². The van der Waals surface area contributed by atoms with E-state index in [4.69, 9.17) is 9.52 Å². The molecule has 1 aromatic heterocycles. The first-order valence-corrected chi connectivity index (χ1v) is 9.68. The lowest BCUT2D eigenvalue weighted by Gasteiger charge is -2.14. The topological polar surface area (TPSA) is 129 Å². The van der Waals surface area contributed by atoms with E-state index in [1.54, 1.807) is 6.07 Å². The van der Waals surface area contributed by atoms with Gasteiger partial charge in [-0.15, -0.1) is 0 Å². The summed E-state index contributed by atoms with van der Waals surface area (Å²) in [5.74, 6) is -1.72. The number of hydrogen-bond donors (Lipinski definition) is 3. The van der Waals surface area contributed by atoms with Crippen LogP contribution in [0.25, 0.3) is 11.0 Å². The fourth-order valence-corrected chi connectivity index (χ4v) is 3.08. The van der Waals surface area contributed by atoms with E-state index in [1.807, 2.05) is 31.1 Å². The van der Waals surface area contributed by atoms with Crippen LogP contribution in [-0.4, -0.2) is 49.6 Å². The number of carboxylic acid groups (broad SMARTS) is 1. The van der Waals surface area contributed by atoms with Crippen molar-refractivity contribution in [1.82, 2.24) is 10.6 Å². The maximum atomic E-state index is 12.3. The quantitative estimate of drug-likeness (QED) is 0.392. The highest BCUT2D eigenvalue weighted by molar-refractivity contribution is 5.88. The number of anilines is 1. The number of benzene rings is 1. The van der Waals surface area contributed by atoms with Gasteiger partial charge in [-0.1, -0.05) is 0 Å². The van der Waals surface area contributed by atoms with E-state index in [-0.39, 0.29) is 18.7 Å². The van der Waals surface area contributed by atoms with E-state index in [1.165, 1.54) is 13.0 Å². The lowest BCUT2D eigenvalue weighted by molar-refractivity contribution is -0.141. The van der Waals surface area contributed by atoms with Crippen LogP contribution in [0.5, 0.6) is 0 Å². The Morgan fingerprint density at radius 1 is 1.17 bits per heavy atom. The number of carbonyl (C=O) groups is 3. The van der Waals surface area contributed by atoms with Crippen LogP contribution in [0.4, 0.5) is 5.69 Å². The van der Waals surface area contributed by atoms with Gasteiger partial charge in [-0.25, -0.2) is 9.59 Å². The SMILES string of the molecule is CC(=O)N[C@@H](CCCCNC(=O)Cc1cc(=O)oc2cc(N(C)C)ccc12)C(=O)O. The zero-order valence-electron chi connectivity index (χ0n) is 17.4. The summed E-state index contributed by atoms with van der Waals surface area (Å²) in [5.41, 5.74) is 1.37. The Morgan fingerprint density at radius 3 is 2.53 bits per heavy atom. The molecular formula is C21H27N3O6. The summed E-state index contributed by atoms with van der Waals surface area (Å²) >= 11 is 0. The van der Waals surface area contributed by atoms with Crippen LogP contribution in [-0.2, 0) is 20.8 Å². The lowest BCUT2D eigenvalue weighted by atomic mass is 10.1. The average molecular weight is 417 g/mol. The maximum Gasteiger partial charge on any atom is 0.336 e. The van der Waals surface area contributed by atoms with Crippen molar-refractivity contribution in [2.24, 2.45) is 0 Å². The van der Waals surface area contributed by atoms with Crippen molar-refractivity contribution >= 4 is 34.4 Å². The molecule has 0 aliphatic heterocycles. The van der Waals surface area contributed by atoms with Gasteiger partial charge in [0.15, 0.2) is 0 Å². The summed E-state index contributed by atoms with van der Waals surface area (Å²) in [4.78, 5) is 48.1. The first-order chi connectivity index (χ1) is 14.2. The van der Waals surface area contributed by atoms with Gasteiger partial charge in [0, 0.05) is 50.8 Å². The van der Waals surface area contributed by atoms with Crippen LogP contribution in [0.3, 0.4) is 0 Å². The largest absolute Gasteiger partial charge is 0.480 e. The second-order valence-corrected chi connectivity index (χ2v) is 7.28. The number of unbranched alkanes of at least 4 members (excludes halogenated alkanes) is 1. The third-order valence-corrected chi connectivity index (χ3v) is 4.60. The maximum absolute atomic E-state index is 12.3. The zero-order chi connectivity index (χ0) is 22.3. The Kier molecular flexibility index (Phi) is 7.97. The average Bonchev–Trinajstić information content (AvgIpc) is 2.65. The highest BCUT2D eigenvalue weighted by Crippen LogP contribution is 2.23. The molecule has 162 valence electrons. The molecule has 0 saturated heterocycles. The first kappa shape index (κ1) is 22.9. The summed E-state index contributed by atoms with van der Waals surface area (Å²) in [6.07, 6.45) is 1.41. The number of aliphatic carboxylic acids is 1. The molecule has 2 rings (SSSR count). The van der Waals surface area contributed by atoms with E-state index < -0.39 is 23.5 Å². The highest BCUT2D eigenvalue weighted by Gasteiger charge is 2.17. The predicted molar refractivity (Wildman–Crippen MR) is 113 cm³/mol. The fraction of sp³-hybridized carbons (Fsp3) is 0.429. The summed E-state index contributed by atoms with van der Waals surface area (Å²) in [6.45, 7) is 1.64. The van der Waals surface area contributed by atoms with Crippen LogP contribution in [0.15, 0.2) is 33.5 Å². The molecule has 0 spiro atoms. The molecule has 0 aliphatic carbocycles. The van der Waals surface area contributed by atoms with E-state index >= 15 is 0 Å². The summed E-state index contributed by atoms with van der Waals surface area (Å²) in [5, 5.41) is 14.9. The van der Waals surface area contributed by atoms with Gasteiger partial charge in [0.05, 0.1) is 6.42 Å². The molecule has 0 fully saturated rings. The van der Waals surface area contributed by atoms with Gasteiger partial charge in [-0.2, -0.15) is 0 Å². The predicted octanol–water partition coefficient (Wildman–Crippen LogP) is 1.28. The van der Waals surface area contributed by atoms with Crippen molar-refractivity contribution in [2.45, 2.75) is 38.6 Å². The van der Waals surface area contributed by atoms with E-state index in [9.17, 15) is 19.2 Å². The second kappa shape index (κ2) is 10.4. The number of fused-ring (bicyclic) bond motifs is 1. The molecule has 3 N–H and O–H groups in total. The number of carboxylic acids is 1. The minimum absolute atomic E-state index is 0.0348. The van der Waals surface area contributed by atoms with Gasteiger partial charge < -0.3 is 25.1 Å².